The van der Waals surface area contributed by atoms with Crippen LogP contribution in [0.4, 0.5) is 5.69 Å². The van der Waals surface area contributed by atoms with E-state index in [4.69, 9.17) is 4.74 Å². The van der Waals surface area contributed by atoms with Crippen molar-refractivity contribution in [2.45, 2.75) is 12.5 Å². The maximum Gasteiger partial charge on any atom is 0.266 e. The lowest BCUT2D eigenvalue weighted by Crippen LogP contribution is -2.32. The van der Waals surface area contributed by atoms with Gasteiger partial charge >= 0.3 is 0 Å². The van der Waals surface area contributed by atoms with Crippen molar-refractivity contribution in [3.05, 3.63) is 95.1 Å². The number of benzene rings is 3. The van der Waals surface area contributed by atoms with Crippen LogP contribution < -0.4 is 15.0 Å². The first-order chi connectivity index (χ1) is 14.6. The maximum atomic E-state index is 12.8. The molecule has 0 unspecified atom stereocenters. The third-order valence-electron chi connectivity index (χ3n) is 5.45. The van der Waals surface area contributed by atoms with Crippen LogP contribution in [0.25, 0.3) is 0 Å². The van der Waals surface area contributed by atoms with Crippen LogP contribution in [0.15, 0.2) is 72.8 Å². The van der Waals surface area contributed by atoms with Crippen LogP contribution in [0.1, 0.15) is 49.1 Å². The van der Waals surface area contributed by atoms with Crippen molar-refractivity contribution in [1.82, 2.24) is 5.32 Å². The van der Waals surface area contributed by atoms with E-state index in [1.54, 1.807) is 48.5 Å². The number of para-hydroxylation sites is 1. The summed E-state index contributed by atoms with van der Waals surface area (Å²) in [6.45, 7) is 0.542. The maximum absolute atomic E-state index is 12.8. The van der Waals surface area contributed by atoms with E-state index in [0.29, 0.717) is 35.4 Å². The average molecular weight is 398 g/mol. The zero-order valence-electron chi connectivity index (χ0n) is 16.0. The molecule has 0 aromatic heterocycles. The van der Waals surface area contributed by atoms with E-state index in [1.807, 2.05) is 24.3 Å². The zero-order chi connectivity index (χ0) is 20.7. The van der Waals surface area contributed by atoms with Gasteiger partial charge in [-0.05, 0) is 42.5 Å². The molecule has 30 heavy (non-hydrogen) atoms. The third-order valence-corrected chi connectivity index (χ3v) is 5.45. The highest BCUT2D eigenvalue weighted by atomic mass is 16.5. The average Bonchev–Trinajstić information content (AvgIpc) is 3.04. The van der Waals surface area contributed by atoms with Crippen LogP contribution in [0.3, 0.4) is 0 Å². The smallest absolute Gasteiger partial charge is 0.266 e. The predicted octanol–water partition coefficient (Wildman–Crippen LogP) is 3.74. The molecule has 0 aliphatic carbocycles. The number of ether oxygens (including phenoxy) is 1. The Morgan fingerprint density at radius 3 is 2.20 bits per heavy atom. The minimum Gasteiger partial charge on any atom is -0.493 e. The minimum absolute atomic E-state index is 0.127. The third kappa shape index (κ3) is 2.93. The van der Waals surface area contributed by atoms with Gasteiger partial charge in [0, 0.05) is 17.5 Å². The van der Waals surface area contributed by atoms with Gasteiger partial charge in [0.25, 0.3) is 17.7 Å². The summed E-state index contributed by atoms with van der Waals surface area (Å²) < 4.78 is 5.64. The van der Waals surface area contributed by atoms with Gasteiger partial charge in [-0.15, -0.1) is 0 Å². The monoisotopic (exact) mass is 398 g/mol. The van der Waals surface area contributed by atoms with E-state index in [2.05, 4.69) is 5.32 Å². The Morgan fingerprint density at radius 1 is 0.867 bits per heavy atom. The Bertz CT molecular complexity index is 1130. The molecule has 1 atom stereocenters. The highest BCUT2D eigenvalue weighted by Gasteiger charge is 2.36. The van der Waals surface area contributed by atoms with Crippen molar-refractivity contribution in [3.63, 3.8) is 0 Å². The largest absolute Gasteiger partial charge is 0.493 e. The van der Waals surface area contributed by atoms with Gasteiger partial charge < -0.3 is 10.1 Å². The fraction of sp³-hybridized carbons (Fsp3) is 0.125. The molecule has 5 rings (SSSR count). The number of imide groups is 1. The normalized spacial score (nSPS) is 17.2. The van der Waals surface area contributed by atoms with Crippen LogP contribution in [0.2, 0.25) is 0 Å². The van der Waals surface area contributed by atoms with Crippen molar-refractivity contribution in [2.75, 3.05) is 11.5 Å². The molecule has 0 spiro atoms. The number of rotatable bonds is 3. The Kier molecular flexibility index (Phi) is 4.32. The lowest BCUT2D eigenvalue weighted by molar-refractivity contribution is 0.0915. The summed E-state index contributed by atoms with van der Waals surface area (Å²) in [6, 6.07) is 20.8. The molecule has 0 saturated heterocycles. The number of hydrogen-bond acceptors (Lipinski definition) is 4. The molecule has 0 fully saturated rings. The molecule has 2 aliphatic rings. The van der Waals surface area contributed by atoms with Gasteiger partial charge in [0.2, 0.25) is 0 Å². The second-order valence-electron chi connectivity index (χ2n) is 7.24. The van der Waals surface area contributed by atoms with Gasteiger partial charge in [0.15, 0.2) is 0 Å². The summed E-state index contributed by atoms with van der Waals surface area (Å²) >= 11 is 0. The molecule has 2 heterocycles. The van der Waals surface area contributed by atoms with Crippen molar-refractivity contribution in [3.8, 4) is 5.75 Å². The first kappa shape index (κ1) is 18.1. The minimum atomic E-state index is -0.355. The Balaban J connectivity index is 1.35. The SMILES string of the molecule is O=C(N[C@@H]1CCOc2ccccc21)c1ccc(N2C(=O)c3ccccc3C2=O)cc1. The Morgan fingerprint density at radius 2 is 1.50 bits per heavy atom. The molecule has 1 N–H and O–H groups in total. The Labute approximate surface area is 173 Å². The van der Waals surface area contributed by atoms with E-state index >= 15 is 0 Å². The fourth-order valence-corrected chi connectivity index (χ4v) is 3.92. The van der Waals surface area contributed by atoms with Gasteiger partial charge in [-0.3, -0.25) is 14.4 Å². The summed E-state index contributed by atoms with van der Waals surface area (Å²) in [5, 5.41) is 3.05. The van der Waals surface area contributed by atoms with Gasteiger partial charge in [-0.1, -0.05) is 30.3 Å². The molecular weight excluding hydrogens is 380 g/mol. The molecule has 148 valence electrons. The molecule has 6 heteroatoms. The van der Waals surface area contributed by atoms with Crippen molar-refractivity contribution in [1.29, 1.82) is 0 Å². The lowest BCUT2D eigenvalue weighted by Gasteiger charge is -2.26. The second kappa shape index (κ2) is 7.15. The predicted molar refractivity (Wildman–Crippen MR) is 111 cm³/mol. The number of nitrogens with zero attached hydrogens (tertiary/aromatic N) is 1. The van der Waals surface area contributed by atoms with Gasteiger partial charge in [0.1, 0.15) is 5.75 Å². The molecule has 6 nitrogen and oxygen atoms in total. The summed E-state index contributed by atoms with van der Waals surface area (Å²) in [7, 11) is 0. The number of carbonyl (C=O) groups excluding carboxylic acids is 3. The number of anilines is 1. The lowest BCUT2D eigenvalue weighted by atomic mass is 10.00. The van der Waals surface area contributed by atoms with Gasteiger partial charge in [0.05, 0.1) is 29.5 Å². The summed E-state index contributed by atoms with van der Waals surface area (Å²) in [4.78, 5) is 39.1. The van der Waals surface area contributed by atoms with E-state index in [0.717, 1.165) is 16.2 Å². The fourth-order valence-electron chi connectivity index (χ4n) is 3.92. The number of carbonyl (C=O) groups is 3. The molecule has 3 aromatic rings. The number of nitrogens with one attached hydrogen (secondary N) is 1. The van der Waals surface area contributed by atoms with E-state index in [-0.39, 0.29) is 23.8 Å². The molecular formula is C24H18N2O4. The van der Waals surface area contributed by atoms with E-state index in [9.17, 15) is 14.4 Å². The summed E-state index contributed by atoms with van der Waals surface area (Å²) in [5.41, 5.74) is 2.64. The number of fused-ring (bicyclic) bond motifs is 2. The number of amides is 3. The molecule has 0 saturated carbocycles. The highest BCUT2D eigenvalue weighted by Crippen LogP contribution is 2.32. The van der Waals surface area contributed by atoms with Crippen molar-refractivity contribution >= 4 is 23.4 Å². The molecule has 2 aliphatic heterocycles. The van der Waals surface area contributed by atoms with E-state index < -0.39 is 0 Å². The molecule has 3 aromatic carbocycles. The van der Waals surface area contributed by atoms with Crippen LogP contribution in [-0.4, -0.2) is 24.3 Å². The standard InChI is InChI=1S/C24H18N2O4/c27-22(25-20-13-14-30-21-8-4-3-7-19(20)21)15-9-11-16(12-10-15)26-23(28)17-5-1-2-6-18(17)24(26)29/h1-12,20H,13-14H2,(H,25,27)/t20-/m1/s1. The highest BCUT2D eigenvalue weighted by molar-refractivity contribution is 6.34. The van der Waals surface area contributed by atoms with Gasteiger partial charge in [-0.25, -0.2) is 4.90 Å². The molecule has 0 bridgehead atoms. The summed E-state index contributed by atoms with van der Waals surface area (Å²) in [6.07, 6.45) is 0.690. The van der Waals surface area contributed by atoms with Crippen molar-refractivity contribution in [2.24, 2.45) is 0 Å². The van der Waals surface area contributed by atoms with E-state index in [1.165, 1.54) is 0 Å². The molecule has 3 amide bonds. The second-order valence-corrected chi connectivity index (χ2v) is 7.24. The topological polar surface area (TPSA) is 75.7 Å². The van der Waals surface area contributed by atoms with Crippen molar-refractivity contribution < 1.29 is 19.1 Å². The van der Waals surface area contributed by atoms with Crippen LogP contribution in [-0.2, 0) is 0 Å². The summed E-state index contributed by atoms with van der Waals surface area (Å²) in [5.74, 6) is -0.140. The van der Waals surface area contributed by atoms with Gasteiger partial charge in [-0.2, -0.15) is 0 Å². The quantitative estimate of drug-likeness (QED) is 0.682. The zero-order valence-corrected chi connectivity index (χ0v) is 16.0. The molecule has 0 radical (unpaired) electrons. The van der Waals surface area contributed by atoms with Crippen LogP contribution in [0.5, 0.6) is 5.75 Å². The Hall–Kier alpha value is -3.93. The number of hydrogen-bond donors (Lipinski definition) is 1. The first-order valence-corrected chi connectivity index (χ1v) is 9.74. The van der Waals surface area contributed by atoms with Crippen LogP contribution >= 0.6 is 0 Å². The first-order valence-electron chi connectivity index (χ1n) is 9.74. The van der Waals surface area contributed by atoms with Crippen LogP contribution in [0, 0.1) is 0 Å².